The van der Waals surface area contributed by atoms with Crippen molar-refractivity contribution in [3.8, 4) is 0 Å². The van der Waals surface area contributed by atoms with Gasteiger partial charge in [-0.25, -0.2) is 0 Å². The van der Waals surface area contributed by atoms with E-state index in [0.717, 1.165) is 27.6 Å². The number of hydrogen-bond acceptors (Lipinski definition) is 3. The molecule has 1 N–H and O–H groups in total. The first kappa shape index (κ1) is 23.1. The van der Waals surface area contributed by atoms with Crippen molar-refractivity contribution in [2.45, 2.75) is 18.1 Å². The second-order valence-corrected chi connectivity index (χ2v) is 14.9. The van der Waals surface area contributed by atoms with Crippen molar-refractivity contribution in [1.82, 2.24) is 5.32 Å². The van der Waals surface area contributed by atoms with E-state index in [1.165, 1.54) is 0 Å². The largest absolute Gasteiger partial charge is 0.314 e. The van der Waals surface area contributed by atoms with E-state index in [1.54, 1.807) is 0 Å². The minimum Gasteiger partial charge on any atom is -0.314 e. The van der Waals surface area contributed by atoms with Gasteiger partial charge in [0.2, 0.25) is 0 Å². The average molecular weight is 486 g/mol. The Morgan fingerprint density at radius 3 is 1.38 bits per heavy atom. The second-order valence-electron chi connectivity index (χ2n) is 8.92. The van der Waals surface area contributed by atoms with Gasteiger partial charge in [-0.15, -0.1) is 0 Å². The molecule has 0 spiro atoms. The molecule has 34 heavy (non-hydrogen) atoms. The first-order valence-corrected chi connectivity index (χ1v) is 15.4. The summed E-state index contributed by atoms with van der Waals surface area (Å²) in [6, 6.07) is 39.4. The Labute approximate surface area is 202 Å². The lowest BCUT2D eigenvalue weighted by Gasteiger charge is -2.26. The molecule has 5 rings (SSSR count). The van der Waals surface area contributed by atoms with Gasteiger partial charge in [0.1, 0.15) is 14.3 Å². The Morgan fingerprint density at radius 2 is 0.971 bits per heavy atom. The first-order chi connectivity index (χ1) is 16.6. The third-order valence-corrected chi connectivity index (χ3v) is 13.6. The second kappa shape index (κ2) is 9.88. The predicted octanol–water partition coefficient (Wildman–Crippen LogP) is 4.75. The molecule has 5 heteroatoms. The molecule has 0 unspecified atom stereocenters. The normalized spacial score (nSPS) is 18.6. The maximum Gasteiger partial charge on any atom is 0.147 e. The summed E-state index contributed by atoms with van der Waals surface area (Å²) in [4.78, 5) is 0. The smallest absolute Gasteiger partial charge is 0.147 e. The summed E-state index contributed by atoms with van der Waals surface area (Å²) in [6.45, 7) is 0.648. The van der Waals surface area contributed by atoms with Crippen LogP contribution in [0.5, 0.6) is 0 Å². The maximum absolute atomic E-state index is 14.8. The molecule has 1 fully saturated rings. The molecule has 0 aliphatic carbocycles. The Bertz CT molecular complexity index is 1220. The van der Waals surface area contributed by atoms with Gasteiger partial charge < -0.3 is 14.4 Å². The van der Waals surface area contributed by atoms with Gasteiger partial charge in [0.25, 0.3) is 0 Å². The van der Waals surface area contributed by atoms with E-state index in [9.17, 15) is 9.13 Å². The summed E-state index contributed by atoms with van der Waals surface area (Å²) < 4.78 is 29.3. The monoisotopic (exact) mass is 485 g/mol. The Kier molecular flexibility index (Phi) is 6.70. The molecule has 2 atom stereocenters. The number of hydrogen-bond donors (Lipinski definition) is 1. The molecule has 1 heterocycles. The van der Waals surface area contributed by atoms with Crippen molar-refractivity contribution in [2.75, 3.05) is 12.7 Å². The molecule has 172 valence electrons. The molecule has 4 aromatic carbocycles. The van der Waals surface area contributed by atoms with Crippen LogP contribution in [-0.4, -0.2) is 24.4 Å². The van der Waals surface area contributed by atoms with Crippen molar-refractivity contribution in [3.05, 3.63) is 121 Å². The van der Waals surface area contributed by atoms with Gasteiger partial charge in [-0.05, 0) is 6.42 Å². The molecule has 1 aliphatic heterocycles. The van der Waals surface area contributed by atoms with Crippen molar-refractivity contribution in [1.29, 1.82) is 0 Å². The van der Waals surface area contributed by atoms with Crippen molar-refractivity contribution in [3.63, 3.8) is 0 Å². The number of benzene rings is 4. The van der Waals surface area contributed by atoms with Crippen LogP contribution in [0.3, 0.4) is 0 Å². The number of rotatable bonds is 7. The summed E-state index contributed by atoms with van der Waals surface area (Å²) in [5.41, 5.74) is -0.0395. The summed E-state index contributed by atoms with van der Waals surface area (Å²) in [6.07, 6.45) is 1.24. The van der Waals surface area contributed by atoms with Crippen LogP contribution in [0.1, 0.15) is 6.42 Å². The van der Waals surface area contributed by atoms with Crippen LogP contribution in [0, 0.1) is 0 Å². The molecule has 0 saturated carbocycles. The van der Waals surface area contributed by atoms with Crippen molar-refractivity contribution < 1.29 is 9.13 Å². The topological polar surface area (TPSA) is 46.2 Å². The van der Waals surface area contributed by atoms with E-state index in [2.05, 4.69) is 5.32 Å². The summed E-state index contributed by atoms with van der Waals surface area (Å²) in [5, 5.41) is 7.14. The van der Waals surface area contributed by atoms with Crippen LogP contribution >= 0.6 is 14.3 Å². The van der Waals surface area contributed by atoms with Crippen LogP contribution < -0.4 is 26.5 Å². The molecule has 0 radical (unpaired) electrons. The van der Waals surface area contributed by atoms with Crippen LogP contribution in [0.25, 0.3) is 0 Å². The van der Waals surface area contributed by atoms with Crippen molar-refractivity contribution >= 4 is 35.5 Å². The molecular weight excluding hydrogens is 456 g/mol. The molecule has 1 aliphatic rings. The molecule has 3 nitrogen and oxygen atoms in total. The Balaban J connectivity index is 1.48. The Morgan fingerprint density at radius 1 is 0.588 bits per heavy atom. The van der Waals surface area contributed by atoms with Gasteiger partial charge in [-0.2, -0.15) is 0 Å². The van der Waals surface area contributed by atoms with Crippen LogP contribution in [0.2, 0.25) is 0 Å². The summed E-state index contributed by atoms with van der Waals surface area (Å²) in [7, 11) is -5.72. The minimum atomic E-state index is -2.87. The van der Waals surface area contributed by atoms with Crippen LogP contribution in [-0.2, 0) is 9.13 Å². The van der Waals surface area contributed by atoms with Crippen LogP contribution in [0.15, 0.2) is 121 Å². The van der Waals surface area contributed by atoms with E-state index in [0.29, 0.717) is 12.7 Å². The fourth-order valence-corrected chi connectivity index (χ4v) is 11.3. The van der Waals surface area contributed by atoms with Crippen molar-refractivity contribution in [2.24, 2.45) is 0 Å². The van der Waals surface area contributed by atoms with Gasteiger partial charge in [-0.3, -0.25) is 0 Å². The van der Waals surface area contributed by atoms with Gasteiger partial charge in [0, 0.05) is 45.6 Å². The van der Waals surface area contributed by atoms with E-state index < -0.39 is 14.3 Å². The van der Waals surface area contributed by atoms with Gasteiger partial charge >= 0.3 is 0 Å². The SMILES string of the molecule is O=P(C[C@@H]1C[C@H](P(=O)(c2ccccc2)c2ccccc2)CN1)(c1ccccc1)c1ccccc1. The zero-order chi connectivity index (χ0) is 23.4. The molecular formula is C29H29NO2P2. The molecule has 4 aromatic rings. The van der Waals surface area contributed by atoms with Crippen LogP contribution in [0.4, 0.5) is 0 Å². The Hall–Kier alpha value is -2.70. The molecule has 0 bridgehead atoms. The lowest BCUT2D eigenvalue weighted by molar-refractivity contribution is 0.572. The summed E-state index contributed by atoms with van der Waals surface area (Å²) >= 11 is 0. The average Bonchev–Trinajstić information content (AvgIpc) is 3.39. The molecule has 1 saturated heterocycles. The highest BCUT2D eigenvalue weighted by atomic mass is 31.2. The highest BCUT2D eigenvalue weighted by Crippen LogP contribution is 2.53. The first-order valence-electron chi connectivity index (χ1n) is 11.8. The van der Waals surface area contributed by atoms with E-state index in [-0.39, 0.29) is 11.7 Å². The fraction of sp³-hybridized carbons (Fsp3) is 0.172. The third-order valence-electron chi connectivity index (χ3n) is 6.82. The fourth-order valence-electron chi connectivity index (χ4n) is 5.09. The molecule has 0 aromatic heterocycles. The van der Waals surface area contributed by atoms with Gasteiger partial charge in [-0.1, -0.05) is 121 Å². The van der Waals surface area contributed by atoms with E-state index >= 15 is 0 Å². The predicted molar refractivity (Wildman–Crippen MR) is 145 cm³/mol. The zero-order valence-corrected chi connectivity index (χ0v) is 20.8. The quantitative estimate of drug-likeness (QED) is 0.385. The third kappa shape index (κ3) is 4.37. The zero-order valence-electron chi connectivity index (χ0n) is 19.0. The minimum absolute atomic E-state index is 0.0250. The maximum atomic E-state index is 14.8. The lowest BCUT2D eigenvalue weighted by atomic mass is 10.2. The lowest BCUT2D eigenvalue weighted by Crippen LogP contribution is -2.31. The number of nitrogens with one attached hydrogen (secondary N) is 1. The highest BCUT2D eigenvalue weighted by Gasteiger charge is 2.43. The standard InChI is InChI=1S/C29H29NO2P2/c31-33(25-13-5-1-6-14-25,26-15-7-2-8-16-26)23-24-21-29(22-30-24)34(32,27-17-9-3-10-18-27)28-19-11-4-12-20-28/h1-20,24,29-30H,21-23H2/t24-,29-/m0/s1. The van der Waals surface area contributed by atoms with E-state index in [4.69, 9.17) is 0 Å². The molecule has 0 amide bonds. The van der Waals surface area contributed by atoms with E-state index in [1.807, 2.05) is 121 Å². The highest BCUT2D eigenvalue weighted by molar-refractivity contribution is 7.79. The summed E-state index contributed by atoms with van der Waals surface area (Å²) in [5.74, 6) is 0. The van der Waals surface area contributed by atoms with Gasteiger partial charge in [0.05, 0.1) is 0 Å². The van der Waals surface area contributed by atoms with Gasteiger partial charge in [0.15, 0.2) is 0 Å².